The van der Waals surface area contributed by atoms with Crippen molar-refractivity contribution < 1.29 is 103 Å². The predicted octanol–water partition coefficient (Wildman–Crippen LogP) is -0.777. The zero-order valence-corrected chi connectivity index (χ0v) is 9.99. The van der Waals surface area contributed by atoms with Gasteiger partial charge in [-0.2, -0.15) is 0 Å². The summed E-state index contributed by atoms with van der Waals surface area (Å²) in [6.45, 7) is 1.00. The summed E-state index contributed by atoms with van der Waals surface area (Å²) < 4.78 is 0. The minimum absolute atomic E-state index is 0. The molecule has 6 heteroatoms. The van der Waals surface area contributed by atoms with Crippen LogP contribution in [0.4, 0.5) is 0 Å². The first-order chi connectivity index (χ1) is 2.83. The molecule has 0 atom stereocenters. The van der Waals surface area contributed by atoms with Crippen LogP contribution in [0.1, 0.15) is 0 Å². The molecule has 0 aromatic heterocycles. The fraction of sp³-hybridized carbons (Fsp3) is 0. The molecule has 0 saturated carbocycles. The van der Waals surface area contributed by atoms with E-state index in [4.69, 9.17) is 19.8 Å². The van der Waals surface area contributed by atoms with E-state index in [-0.39, 0.29) is 83.5 Å². The van der Waals surface area contributed by atoms with Gasteiger partial charge in [-0.05, 0) is 0 Å². The summed E-state index contributed by atoms with van der Waals surface area (Å²) >= 11 is 0. The van der Waals surface area contributed by atoms with Gasteiger partial charge in [-0.25, -0.2) is 0 Å². The Morgan fingerprint density at radius 2 is 0.875 bits per heavy atom. The van der Waals surface area contributed by atoms with Crippen LogP contribution in [0, 0.1) is 83.5 Å². The van der Waals surface area contributed by atoms with E-state index >= 15 is 0 Å². The first-order valence-electron chi connectivity index (χ1n) is 0.855. The van der Waals surface area contributed by atoms with Gasteiger partial charge in [0.15, 0.2) is 0 Å². The molecule has 0 amide bonds. The van der Waals surface area contributed by atoms with Crippen molar-refractivity contribution in [2.75, 3.05) is 0 Å². The van der Waals surface area contributed by atoms with Gasteiger partial charge < -0.3 is 19.8 Å². The van der Waals surface area contributed by atoms with Crippen LogP contribution in [0.2, 0.25) is 0 Å². The van der Waals surface area contributed by atoms with Crippen molar-refractivity contribution in [1.29, 1.82) is 0 Å². The van der Waals surface area contributed by atoms with E-state index in [1.54, 1.807) is 0 Å². The van der Waals surface area contributed by atoms with Crippen molar-refractivity contribution in [2.45, 2.75) is 0 Å². The Morgan fingerprint density at radius 1 is 0.875 bits per heavy atom. The van der Waals surface area contributed by atoms with E-state index in [1.807, 2.05) is 0 Å². The third-order valence-corrected chi connectivity index (χ3v) is 0. The average Bonchev–Trinajstić information content (AvgIpc) is 1.39. The zero-order chi connectivity index (χ0) is 5.41. The first kappa shape index (κ1) is 22.6. The second-order valence-corrected chi connectivity index (χ2v) is 0.183. The standard InChI is InChI=1S/2CHO2.2Ce/c2*2-1-3;;/h2*(H,2,3);;/q2*-1;;. The molecule has 0 aromatic rings. The normalized spacial score (nSPS) is 3.00. The quantitative estimate of drug-likeness (QED) is 0.549. The van der Waals surface area contributed by atoms with E-state index in [1.165, 1.54) is 0 Å². The Bertz CT molecular complexity index is 33.0. The molecule has 0 heterocycles. The fourth-order valence-corrected chi connectivity index (χ4v) is 0. The molecule has 0 unspecified atom stereocenters. The van der Waals surface area contributed by atoms with Crippen LogP contribution >= 0.6 is 0 Å². The summed E-state index contributed by atoms with van der Waals surface area (Å²) in [6, 6.07) is 0. The number of aliphatic hydroxyl groups excluding tert-OH is 2. The van der Waals surface area contributed by atoms with Crippen molar-refractivity contribution in [1.82, 2.24) is 0 Å². The Morgan fingerprint density at radius 3 is 0.875 bits per heavy atom. The molecule has 0 saturated heterocycles. The Balaban J connectivity index is -0.0000000160. The summed E-state index contributed by atoms with van der Waals surface area (Å²) in [6.07, 6.45) is 0. The van der Waals surface area contributed by atoms with Gasteiger partial charge in [0.25, 0.3) is 0 Å². The SMILES string of the molecule is O=[C-]O.O=[C-]O.[Ce].[Ce]. The Hall–Kier alpha value is 1.69. The number of hydrogen-bond donors (Lipinski definition) is 2. The van der Waals surface area contributed by atoms with Gasteiger partial charge in [0.2, 0.25) is 0 Å². The molecule has 0 rings (SSSR count). The van der Waals surface area contributed by atoms with E-state index in [0.29, 0.717) is 12.9 Å². The van der Waals surface area contributed by atoms with Crippen LogP contribution in [0.25, 0.3) is 0 Å². The molecule has 4 nitrogen and oxygen atoms in total. The Kier molecular flexibility index (Phi) is 107. The summed E-state index contributed by atoms with van der Waals surface area (Å²) in [5.74, 6) is 0. The van der Waals surface area contributed by atoms with Crippen LogP contribution in [0.3, 0.4) is 0 Å². The molecule has 2 N–H and O–H groups in total. The first-order valence-corrected chi connectivity index (χ1v) is 0.855. The molecule has 0 aliphatic rings. The van der Waals surface area contributed by atoms with Gasteiger partial charge in [-0.3, -0.25) is 0 Å². The van der Waals surface area contributed by atoms with E-state index in [9.17, 15) is 0 Å². The summed E-state index contributed by atoms with van der Waals surface area (Å²) in [7, 11) is 0. The Labute approximate surface area is 114 Å². The van der Waals surface area contributed by atoms with E-state index in [0.717, 1.165) is 0 Å². The van der Waals surface area contributed by atoms with Gasteiger partial charge in [0.05, 0.1) is 0 Å². The number of rotatable bonds is 0. The molecule has 0 radical (unpaired) electrons. The minimum atomic E-state index is 0. The maximum atomic E-state index is 8.24. The molecule has 0 aliphatic carbocycles. The fourth-order valence-electron chi connectivity index (χ4n) is 0. The summed E-state index contributed by atoms with van der Waals surface area (Å²) in [5, 5.41) is 13.5. The van der Waals surface area contributed by atoms with Crippen LogP contribution in [0.15, 0.2) is 0 Å². The van der Waals surface area contributed by atoms with Gasteiger partial charge in [-0.1, -0.05) is 12.9 Å². The van der Waals surface area contributed by atoms with Crippen molar-refractivity contribution in [3.63, 3.8) is 0 Å². The zero-order valence-electron chi connectivity index (χ0n) is 3.71. The smallest absolute Gasteiger partial charge is 0 e. The van der Waals surface area contributed by atoms with Crippen molar-refractivity contribution >= 4 is 12.9 Å². The molecule has 0 fully saturated rings. The molecular formula is C2H2Ce2O4-2. The van der Waals surface area contributed by atoms with E-state index < -0.39 is 0 Å². The van der Waals surface area contributed by atoms with Crippen molar-refractivity contribution in [3.8, 4) is 0 Å². The molecule has 0 aromatic carbocycles. The second kappa shape index (κ2) is 37.7. The molecular weight excluding hydrogens is 368 g/mol. The van der Waals surface area contributed by atoms with Crippen molar-refractivity contribution in [2.24, 2.45) is 0 Å². The summed E-state index contributed by atoms with van der Waals surface area (Å²) in [5.41, 5.74) is 0. The van der Waals surface area contributed by atoms with E-state index in [2.05, 4.69) is 0 Å². The van der Waals surface area contributed by atoms with Crippen molar-refractivity contribution in [3.05, 3.63) is 0 Å². The minimum Gasteiger partial charge on any atom is -0.665 e. The third-order valence-electron chi connectivity index (χ3n) is 0. The topological polar surface area (TPSA) is 74.6 Å². The average molecular weight is 370 g/mol. The third kappa shape index (κ3) is 120. The van der Waals surface area contributed by atoms with Gasteiger partial charge in [0.1, 0.15) is 0 Å². The molecule has 0 aliphatic heterocycles. The van der Waals surface area contributed by atoms with Crippen LogP contribution in [-0.4, -0.2) is 23.2 Å². The maximum Gasteiger partial charge on any atom is 0 e. The molecule has 8 heavy (non-hydrogen) atoms. The maximum absolute atomic E-state index is 8.24. The van der Waals surface area contributed by atoms with Crippen LogP contribution < -0.4 is 0 Å². The summed E-state index contributed by atoms with van der Waals surface area (Å²) in [4.78, 5) is 16.5. The van der Waals surface area contributed by atoms with Crippen LogP contribution in [0.5, 0.6) is 0 Å². The number of hydrogen-bond acceptors (Lipinski definition) is 2. The molecule has 0 spiro atoms. The van der Waals surface area contributed by atoms with Gasteiger partial charge in [-0.15, -0.1) is 0 Å². The van der Waals surface area contributed by atoms with Gasteiger partial charge in [0, 0.05) is 83.5 Å². The monoisotopic (exact) mass is 370 g/mol. The van der Waals surface area contributed by atoms with Crippen LogP contribution in [-0.2, 0) is 9.59 Å². The predicted molar refractivity (Wildman–Crippen MR) is 16.6 cm³/mol. The molecule has 0 bridgehead atoms. The molecule has 44 valence electrons. The largest absolute Gasteiger partial charge is 0.665 e. The van der Waals surface area contributed by atoms with Gasteiger partial charge >= 0.3 is 0 Å². The second-order valence-electron chi connectivity index (χ2n) is 0.183.